The number of esters is 1. The Morgan fingerprint density at radius 2 is 2.53 bits per heavy atom. The zero-order valence-electron chi connectivity index (χ0n) is 10.0. The summed E-state index contributed by atoms with van der Waals surface area (Å²) in [6, 6.07) is 0. The van der Waals surface area contributed by atoms with Gasteiger partial charge in [-0.25, -0.2) is 0 Å². The number of hydrogen-bond acceptors (Lipinski definition) is 6. The molecule has 1 aromatic rings. The molecule has 0 aromatic carbocycles. The van der Waals surface area contributed by atoms with Crippen molar-refractivity contribution in [3.05, 3.63) is 22.5 Å². The maximum atomic E-state index is 13.3. The van der Waals surface area contributed by atoms with E-state index < -0.39 is 23.6 Å². The molecule has 2 N–H and O–H groups in total. The molecular weight excluding hydrogens is 324 g/mol. The summed E-state index contributed by atoms with van der Waals surface area (Å²) in [6.07, 6.45) is 0.398. The molecule has 1 aliphatic rings. The molecule has 1 aromatic heterocycles. The number of nitrogens with two attached hydrogens (primary N) is 1. The third-order valence-corrected chi connectivity index (χ3v) is 4.70. The molecule has 1 saturated heterocycles. The van der Waals surface area contributed by atoms with Gasteiger partial charge in [0.1, 0.15) is 0 Å². The van der Waals surface area contributed by atoms with E-state index in [4.69, 9.17) is 15.2 Å². The van der Waals surface area contributed by atoms with Crippen LogP contribution in [0.5, 0.6) is 0 Å². The number of ether oxygens (including phenoxy) is 2. The van der Waals surface area contributed by atoms with E-state index in [1.54, 1.807) is 0 Å². The number of nitrogen functional groups attached to an aromatic ring is 1. The maximum absolute atomic E-state index is 13.3. The zero-order valence-corrected chi connectivity index (χ0v) is 11.8. The van der Waals surface area contributed by atoms with E-state index in [9.17, 15) is 14.0 Å². The van der Waals surface area contributed by atoms with E-state index in [-0.39, 0.29) is 32.5 Å². The summed E-state index contributed by atoms with van der Waals surface area (Å²) in [4.78, 5) is 25.7. The van der Waals surface area contributed by atoms with Gasteiger partial charge in [0.25, 0.3) is 0 Å². The van der Waals surface area contributed by atoms with Gasteiger partial charge in [-0.2, -0.15) is 0 Å². The monoisotopic (exact) mass is 337 g/mol. The molecular formula is C10H12FN3O4Se. The number of nitrogens with zero attached hydrogens (tertiary/aromatic N) is 2. The molecule has 104 valence electrons. The predicted molar refractivity (Wildman–Crippen MR) is 64.0 cm³/mol. The molecule has 0 unspecified atom stereocenters. The van der Waals surface area contributed by atoms with Crippen molar-refractivity contribution in [2.45, 2.75) is 23.5 Å². The van der Waals surface area contributed by atoms with Crippen molar-refractivity contribution < 1.29 is 18.7 Å². The molecule has 19 heavy (non-hydrogen) atoms. The summed E-state index contributed by atoms with van der Waals surface area (Å²) in [6.45, 7) is 1.45. The fourth-order valence-electron chi connectivity index (χ4n) is 1.53. The van der Waals surface area contributed by atoms with Crippen LogP contribution in [0.4, 0.5) is 10.2 Å². The van der Waals surface area contributed by atoms with Gasteiger partial charge in [0.05, 0.1) is 0 Å². The molecule has 9 heteroatoms. The van der Waals surface area contributed by atoms with Gasteiger partial charge < -0.3 is 0 Å². The van der Waals surface area contributed by atoms with E-state index in [2.05, 4.69) is 4.98 Å². The number of carbonyl (C=O) groups is 1. The van der Waals surface area contributed by atoms with Crippen LogP contribution in [-0.4, -0.2) is 42.1 Å². The van der Waals surface area contributed by atoms with Gasteiger partial charge in [0.2, 0.25) is 0 Å². The van der Waals surface area contributed by atoms with Crippen molar-refractivity contribution in [2.24, 2.45) is 0 Å². The Labute approximate surface area is 114 Å². The average molecular weight is 336 g/mol. The molecule has 7 nitrogen and oxygen atoms in total. The Balaban J connectivity index is 2.07. The van der Waals surface area contributed by atoms with Gasteiger partial charge >= 0.3 is 113 Å². The molecule has 0 amide bonds. The molecule has 1 fully saturated rings. The van der Waals surface area contributed by atoms with Crippen molar-refractivity contribution >= 4 is 26.7 Å². The predicted octanol–water partition coefficient (Wildman–Crippen LogP) is -0.495. The van der Waals surface area contributed by atoms with Gasteiger partial charge in [0.15, 0.2) is 0 Å². The minimum absolute atomic E-state index is 0.0391. The van der Waals surface area contributed by atoms with Crippen molar-refractivity contribution in [1.29, 1.82) is 0 Å². The van der Waals surface area contributed by atoms with Gasteiger partial charge in [0, 0.05) is 0 Å². The second kappa shape index (κ2) is 5.68. The molecule has 0 aliphatic carbocycles. The van der Waals surface area contributed by atoms with Crippen LogP contribution in [0, 0.1) is 5.82 Å². The molecule has 2 atom stereocenters. The number of anilines is 1. The molecule has 0 radical (unpaired) electrons. The van der Waals surface area contributed by atoms with E-state index in [1.165, 1.54) is 6.92 Å². The topological polar surface area (TPSA) is 96.4 Å². The zero-order chi connectivity index (χ0) is 14.0. The van der Waals surface area contributed by atoms with Crippen LogP contribution in [0.1, 0.15) is 13.2 Å². The van der Waals surface area contributed by atoms with Crippen LogP contribution in [0.2, 0.25) is 5.32 Å². The van der Waals surface area contributed by atoms with E-state index in [0.717, 1.165) is 10.8 Å². The van der Waals surface area contributed by atoms with Crippen LogP contribution >= 0.6 is 0 Å². The fraction of sp³-hybridized carbons (Fsp3) is 0.500. The van der Waals surface area contributed by atoms with Gasteiger partial charge in [-0.1, -0.05) is 0 Å². The van der Waals surface area contributed by atoms with Gasteiger partial charge in [-0.05, 0) is 0 Å². The first-order valence-electron chi connectivity index (χ1n) is 5.42. The van der Waals surface area contributed by atoms with Gasteiger partial charge in [-0.3, -0.25) is 0 Å². The standard InChI is InChI=1S/C10H12FN3O4Se/c1-5(15)17-3-8-18-7(4-19-8)14-2-6(11)9(12)13-10(14)16/h2,7-8H,3-4H2,1H3,(H2,12,13,16)/t7-,8+/m1/s1. The average Bonchev–Trinajstić information content (AvgIpc) is 2.80. The van der Waals surface area contributed by atoms with E-state index in [0.29, 0.717) is 5.32 Å². The fourth-order valence-corrected chi connectivity index (χ4v) is 3.60. The normalized spacial score (nSPS) is 22.4. The number of carbonyl (C=O) groups excluding carboxylic acids is 1. The van der Waals surface area contributed by atoms with Crippen molar-refractivity contribution in [1.82, 2.24) is 9.55 Å². The Morgan fingerprint density at radius 1 is 1.79 bits per heavy atom. The van der Waals surface area contributed by atoms with Crippen LogP contribution in [0.15, 0.2) is 11.0 Å². The third kappa shape index (κ3) is 3.31. The Hall–Kier alpha value is -1.44. The molecule has 1 aliphatic heterocycles. The van der Waals surface area contributed by atoms with Crippen LogP contribution in [0.25, 0.3) is 0 Å². The first-order valence-corrected chi connectivity index (χ1v) is 7.62. The van der Waals surface area contributed by atoms with Gasteiger partial charge in [-0.15, -0.1) is 0 Å². The minimum atomic E-state index is -0.765. The number of rotatable bonds is 3. The number of hydrogen-bond donors (Lipinski definition) is 1. The summed E-state index contributed by atoms with van der Waals surface area (Å²) in [7, 11) is 0. The van der Waals surface area contributed by atoms with Crippen molar-refractivity contribution in [3.63, 3.8) is 0 Å². The first kappa shape index (κ1) is 14.0. The summed E-state index contributed by atoms with van der Waals surface area (Å²) in [5.74, 6) is -1.58. The Bertz CT molecular complexity index is 550. The quantitative estimate of drug-likeness (QED) is 0.591. The van der Waals surface area contributed by atoms with Crippen LogP contribution in [0.3, 0.4) is 0 Å². The summed E-state index contributed by atoms with van der Waals surface area (Å²) < 4.78 is 24.7. The number of aromatic nitrogens is 2. The van der Waals surface area contributed by atoms with Crippen LogP contribution < -0.4 is 11.4 Å². The summed E-state index contributed by atoms with van der Waals surface area (Å²) in [5.41, 5.74) is 4.54. The molecule has 0 spiro atoms. The first-order chi connectivity index (χ1) is 8.97. The van der Waals surface area contributed by atoms with E-state index >= 15 is 0 Å². The molecule has 0 bridgehead atoms. The van der Waals surface area contributed by atoms with E-state index in [1.807, 2.05) is 0 Å². The van der Waals surface area contributed by atoms with Crippen molar-refractivity contribution in [3.8, 4) is 0 Å². The second-order valence-corrected chi connectivity index (χ2v) is 6.32. The second-order valence-electron chi connectivity index (χ2n) is 3.82. The van der Waals surface area contributed by atoms with Crippen molar-refractivity contribution in [2.75, 3.05) is 12.3 Å². The summed E-state index contributed by atoms with van der Waals surface area (Å²) in [5, 5.41) is 0.332. The third-order valence-electron chi connectivity index (χ3n) is 2.40. The molecule has 2 rings (SSSR count). The molecule has 2 heterocycles. The number of halogens is 1. The molecule has 0 saturated carbocycles. The Morgan fingerprint density at radius 3 is 3.21 bits per heavy atom. The SMILES string of the molecule is CC(=O)OC[C@H]1O[C@@H](n2cc(F)c(N)nc2=O)C[Se]1. The Kier molecular flexibility index (Phi) is 4.18. The summed E-state index contributed by atoms with van der Waals surface area (Å²) >= 11 is 0.0391. The van der Waals surface area contributed by atoms with Crippen LogP contribution in [-0.2, 0) is 14.3 Å².